The molecule has 0 saturated heterocycles. The van der Waals surface area contributed by atoms with Crippen molar-refractivity contribution in [2.75, 3.05) is 7.11 Å². The van der Waals surface area contributed by atoms with E-state index in [2.05, 4.69) is 15.3 Å². The molecular weight excluding hydrogens is 289 g/mol. The topological polar surface area (TPSA) is 67.0 Å². The zero-order chi connectivity index (χ0) is 13.8. The summed E-state index contributed by atoms with van der Waals surface area (Å²) in [6.45, 7) is 0.374. The molecule has 2 aromatic rings. The van der Waals surface area contributed by atoms with Crippen molar-refractivity contribution >= 4 is 29.1 Å². The van der Waals surface area contributed by atoms with Gasteiger partial charge in [0.1, 0.15) is 10.9 Å². The van der Waals surface area contributed by atoms with E-state index >= 15 is 0 Å². The van der Waals surface area contributed by atoms with Crippen molar-refractivity contribution in [2.24, 2.45) is 0 Å². The Morgan fingerprint density at radius 1 is 1.37 bits per heavy atom. The lowest BCUT2D eigenvalue weighted by Gasteiger charge is -2.04. The second-order valence-electron chi connectivity index (χ2n) is 3.72. The Morgan fingerprint density at radius 2 is 2.05 bits per heavy atom. The molecule has 5 nitrogen and oxygen atoms in total. The van der Waals surface area contributed by atoms with Crippen LogP contribution in [0.25, 0.3) is 0 Å². The van der Waals surface area contributed by atoms with Crippen LogP contribution in [0.1, 0.15) is 16.2 Å². The number of nitrogens with one attached hydrogen (secondary N) is 2. The van der Waals surface area contributed by atoms with Crippen molar-refractivity contribution in [1.29, 1.82) is 0 Å². The number of aromatic nitrogens is 2. The Hall–Kier alpha value is -1.72. The first-order valence-electron chi connectivity index (χ1n) is 5.42. The van der Waals surface area contributed by atoms with Gasteiger partial charge in [0.15, 0.2) is 11.0 Å². The zero-order valence-corrected chi connectivity index (χ0v) is 11.5. The summed E-state index contributed by atoms with van der Waals surface area (Å²) in [5.41, 5.74) is 0.943. The van der Waals surface area contributed by atoms with Crippen LogP contribution in [0.5, 0.6) is 5.75 Å². The maximum atomic E-state index is 11.8. The molecule has 2 rings (SSSR count). The minimum Gasteiger partial charge on any atom is -0.497 e. The molecule has 100 valence electrons. The van der Waals surface area contributed by atoms with E-state index < -0.39 is 0 Å². The summed E-state index contributed by atoms with van der Waals surface area (Å²) >= 11 is 11.3. The highest BCUT2D eigenvalue weighted by Crippen LogP contribution is 2.17. The molecule has 0 atom stereocenters. The fourth-order valence-electron chi connectivity index (χ4n) is 1.45. The highest BCUT2D eigenvalue weighted by molar-refractivity contribution is 6.40. The number of carbonyl (C=O) groups is 1. The van der Waals surface area contributed by atoms with Gasteiger partial charge in [0.2, 0.25) is 0 Å². The van der Waals surface area contributed by atoms with Crippen LogP contribution >= 0.6 is 23.2 Å². The predicted molar refractivity (Wildman–Crippen MR) is 72.8 cm³/mol. The van der Waals surface area contributed by atoms with E-state index in [0.29, 0.717) is 6.54 Å². The predicted octanol–water partition coefficient (Wildman–Crippen LogP) is 2.66. The Kier molecular flexibility index (Phi) is 4.29. The molecule has 0 aliphatic rings. The number of ether oxygens (including phenoxy) is 1. The third-order valence-electron chi connectivity index (χ3n) is 2.45. The van der Waals surface area contributed by atoms with Gasteiger partial charge in [-0.1, -0.05) is 35.3 Å². The molecule has 0 aliphatic heterocycles. The lowest BCUT2D eigenvalue weighted by Crippen LogP contribution is -2.23. The molecule has 0 radical (unpaired) electrons. The zero-order valence-electron chi connectivity index (χ0n) is 10.0. The standard InChI is InChI=1S/C12H11Cl2N3O2/c1-19-8-4-2-7(3-5-8)6-15-12(18)11-16-9(13)10(14)17-11/h2-5H,6H2,1H3,(H,15,18)(H,16,17). The second kappa shape index (κ2) is 5.95. The van der Waals surface area contributed by atoms with Gasteiger partial charge in [0.05, 0.1) is 7.11 Å². The van der Waals surface area contributed by atoms with Crippen molar-refractivity contribution < 1.29 is 9.53 Å². The minimum absolute atomic E-state index is 0.0799. The average molecular weight is 300 g/mol. The van der Waals surface area contributed by atoms with Gasteiger partial charge >= 0.3 is 0 Å². The first-order chi connectivity index (χ1) is 9.10. The quantitative estimate of drug-likeness (QED) is 0.912. The van der Waals surface area contributed by atoms with Crippen LogP contribution in [0.2, 0.25) is 10.3 Å². The van der Waals surface area contributed by atoms with Crippen LogP contribution in [0.3, 0.4) is 0 Å². The van der Waals surface area contributed by atoms with Crippen molar-refractivity contribution in [3.05, 3.63) is 46.0 Å². The van der Waals surface area contributed by atoms with Crippen LogP contribution in [-0.4, -0.2) is 23.0 Å². The van der Waals surface area contributed by atoms with Gasteiger partial charge in [-0.3, -0.25) is 4.79 Å². The van der Waals surface area contributed by atoms with Crippen LogP contribution in [0.4, 0.5) is 0 Å². The number of nitrogens with zero attached hydrogens (tertiary/aromatic N) is 1. The number of halogens is 2. The van der Waals surface area contributed by atoms with Crippen LogP contribution in [-0.2, 0) is 6.54 Å². The monoisotopic (exact) mass is 299 g/mol. The van der Waals surface area contributed by atoms with Crippen molar-refractivity contribution in [3.63, 3.8) is 0 Å². The third-order valence-corrected chi connectivity index (χ3v) is 3.09. The van der Waals surface area contributed by atoms with E-state index in [1.807, 2.05) is 24.3 Å². The number of carbonyl (C=O) groups excluding carboxylic acids is 1. The molecule has 19 heavy (non-hydrogen) atoms. The van der Waals surface area contributed by atoms with Gasteiger partial charge in [0.25, 0.3) is 5.91 Å². The Balaban J connectivity index is 1.96. The van der Waals surface area contributed by atoms with Crippen molar-refractivity contribution in [2.45, 2.75) is 6.54 Å². The fraction of sp³-hybridized carbons (Fsp3) is 0.167. The van der Waals surface area contributed by atoms with Crippen LogP contribution in [0, 0.1) is 0 Å². The summed E-state index contributed by atoms with van der Waals surface area (Å²) in [5, 5.41) is 2.93. The smallest absolute Gasteiger partial charge is 0.287 e. The number of benzene rings is 1. The van der Waals surface area contributed by atoms with E-state index in [9.17, 15) is 4.79 Å². The number of amides is 1. The molecule has 0 bridgehead atoms. The SMILES string of the molecule is COc1ccc(CNC(=O)c2nc(Cl)c(Cl)[nH]2)cc1. The van der Waals surface area contributed by atoms with E-state index in [0.717, 1.165) is 11.3 Å². The maximum Gasteiger partial charge on any atom is 0.287 e. The Morgan fingerprint density at radius 3 is 2.58 bits per heavy atom. The first kappa shape index (κ1) is 13.7. The van der Waals surface area contributed by atoms with Crippen molar-refractivity contribution in [3.8, 4) is 5.75 Å². The minimum atomic E-state index is -0.371. The van der Waals surface area contributed by atoms with E-state index in [1.54, 1.807) is 7.11 Å². The van der Waals surface area contributed by atoms with E-state index in [-0.39, 0.29) is 22.0 Å². The Bertz CT molecular complexity index is 562. The van der Waals surface area contributed by atoms with Gasteiger partial charge in [-0.05, 0) is 17.7 Å². The summed E-state index contributed by atoms with van der Waals surface area (Å²) < 4.78 is 5.05. The highest BCUT2D eigenvalue weighted by Gasteiger charge is 2.12. The number of methoxy groups -OCH3 is 1. The molecular formula is C12H11Cl2N3O2. The average Bonchev–Trinajstić information content (AvgIpc) is 2.77. The van der Waals surface area contributed by atoms with Crippen molar-refractivity contribution in [1.82, 2.24) is 15.3 Å². The largest absolute Gasteiger partial charge is 0.497 e. The second-order valence-corrected chi connectivity index (χ2v) is 4.46. The number of hydrogen-bond acceptors (Lipinski definition) is 3. The lowest BCUT2D eigenvalue weighted by atomic mass is 10.2. The number of aromatic amines is 1. The van der Waals surface area contributed by atoms with Crippen LogP contribution < -0.4 is 10.1 Å². The molecule has 1 aromatic heterocycles. The summed E-state index contributed by atoms with van der Waals surface area (Å²) in [6, 6.07) is 7.37. The lowest BCUT2D eigenvalue weighted by molar-refractivity contribution is 0.0941. The molecule has 1 aromatic carbocycles. The molecule has 2 N–H and O–H groups in total. The highest BCUT2D eigenvalue weighted by atomic mass is 35.5. The summed E-state index contributed by atoms with van der Waals surface area (Å²) in [5.74, 6) is 0.479. The number of hydrogen-bond donors (Lipinski definition) is 2. The number of rotatable bonds is 4. The normalized spacial score (nSPS) is 10.3. The van der Waals surface area contributed by atoms with E-state index in [4.69, 9.17) is 27.9 Å². The maximum absolute atomic E-state index is 11.8. The molecule has 0 spiro atoms. The molecule has 0 fully saturated rings. The van der Waals surface area contributed by atoms with Gasteiger partial charge < -0.3 is 15.0 Å². The molecule has 0 aliphatic carbocycles. The molecule has 1 amide bonds. The van der Waals surface area contributed by atoms with Gasteiger partial charge in [-0.15, -0.1) is 0 Å². The molecule has 7 heteroatoms. The summed E-state index contributed by atoms with van der Waals surface area (Å²) in [7, 11) is 1.60. The Labute approximate surface area is 119 Å². The first-order valence-corrected chi connectivity index (χ1v) is 6.18. The van der Waals surface area contributed by atoms with Gasteiger partial charge in [0, 0.05) is 6.54 Å². The van der Waals surface area contributed by atoms with Gasteiger partial charge in [-0.2, -0.15) is 0 Å². The molecule has 0 unspecified atom stereocenters. The third kappa shape index (κ3) is 3.39. The number of imidazole rings is 1. The molecule has 1 heterocycles. The number of H-pyrrole nitrogens is 1. The summed E-state index contributed by atoms with van der Waals surface area (Å²) in [4.78, 5) is 18.1. The summed E-state index contributed by atoms with van der Waals surface area (Å²) in [6.07, 6.45) is 0. The van der Waals surface area contributed by atoms with Gasteiger partial charge in [-0.25, -0.2) is 4.98 Å². The van der Waals surface area contributed by atoms with Crippen LogP contribution in [0.15, 0.2) is 24.3 Å². The van der Waals surface area contributed by atoms with E-state index in [1.165, 1.54) is 0 Å². The molecule has 0 saturated carbocycles. The fourth-order valence-corrected chi connectivity index (χ4v) is 1.71.